The van der Waals surface area contributed by atoms with Crippen LogP contribution in [-0.2, 0) is 16.1 Å². The number of ether oxygens (including phenoxy) is 3. The number of benzene rings is 1. The third-order valence-electron chi connectivity index (χ3n) is 6.54. The van der Waals surface area contributed by atoms with Gasteiger partial charge in [0.05, 0.1) is 23.1 Å². The lowest BCUT2D eigenvalue weighted by Crippen LogP contribution is -2.35. The van der Waals surface area contributed by atoms with Crippen molar-refractivity contribution in [1.82, 2.24) is 14.3 Å². The molecule has 190 valence electrons. The number of hydrogen-bond donors (Lipinski definition) is 1. The highest BCUT2D eigenvalue weighted by Crippen LogP contribution is 2.35. The van der Waals surface area contributed by atoms with Crippen LogP contribution in [-0.4, -0.2) is 50.6 Å². The Bertz CT molecular complexity index is 1510. The third-order valence-corrected chi connectivity index (χ3v) is 7.92. The molecule has 6 rings (SSSR count). The number of pyridine rings is 1. The average molecular weight is 537 g/mol. The Morgan fingerprint density at radius 3 is 2.95 bits per heavy atom. The zero-order valence-electron chi connectivity index (χ0n) is 20.1. The van der Waals surface area contributed by atoms with Crippen LogP contribution >= 0.6 is 24.0 Å². The van der Waals surface area contributed by atoms with Crippen LogP contribution in [0.15, 0.2) is 46.2 Å². The molecular weight excluding hydrogens is 512 g/mol. The molecule has 2 saturated heterocycles. The number of aryl methyl sites for hydroxylation is 1. The van der Waals surface area contributed by atoms with Crippen LogP contribution < -0.4 is 20.3 Å². The zero-order valence-corrected chi connectivity index (χ0v) is 21.7. The highest BCUT2D eigenvalue weighted by Gasteiger charge is 2.35. The number of thiocarbonyl (C=S) groups is 1. The number of rotatable bonds is 6. The van der Waals surface area contributed by atoms with E-state index in [1.807, 2.05) is 31.2 Å². The number of thioether (sulfide) groups is 1. The monoisotopic (exact) mass is 536 g/mol. The summed E-state index contributed by atoms with van der Waals surface area (Å²) in [5.41, 5.74) is 2.36. The summed E-state index contributed by atoms with van der Waals surface area (Å²) in [4.78, 5) is 33.6. The maximum absolute atomic E-state index is 13.6. The van der Waals surface area contributed by atoms with Crippen LogP contribution in [0.4, 0.5) is 5.82 Å². The minimum atomic E-state index is -0.272. The van der Waals surface area contributed by atoms with Gasteiger partial charge < -0.3 is 19.5 Å². The Kier molecular flexibility index (Phi) is 6.35. The Balaban J connectivity index is 1.35. The molecule has 3 aliphatic heterocycles. The number of anilines is 1. The highest BCUT2D eigenvalue weighted by atomic mass is 32.2. The number of carbonyl (C=O) groups excluding carboxylic acids is 1. The zero-order chi connectivity index (χ0) is 25.5. The standard InChI is InChI=1S/C26H24N4O5S2/c1-15-4-2-8-29-23(15)28-22(27-12-16-6-7-19-20(10-16)35-14-34-19)18(24(29)31)11-21-25(32)30(26(36)37-21)13-17-5-3-9-33-17/h2,4,6-8,10-11,17,27H,3,5,9,12-14H2,1H3. The highest BCUT2D eigenvalue weighted by molar-refractivity contribution is 8.26. The molecule has 0 bridgehead atoms. The van der Waals surface area contributed by atoms with Gasteiger partial charge in [0.25, 0.3) is 11.5 Å². The molecule has 2 fully saturated rings. The van der Waals surface area contributed by atoms with Crippen LogP contribution in [0, 0.1) is 6.92 Å². The van der Waals surface area contributed by atoms with Gasteiger partial charge in [-0.2, -0.15) is 0 Å². The normalized spacial score (nSPS) is 20.0. The number of nitrogens with one attached hydrogen (secondary N) is 1. The molecule has 1 N–H and O–H groups in total. The maximum atomic E-state index is 13.6. The van der Waals surface area contributed by atoms with Crippen molar-refractivity contribution in [1.29, 1.82) is 0 Å². The lowest BCUT2D eigenvalue weighted by Gasteiger charge is -2.18. The summed E-state index contributed by atoms with van der Waals surface area (Å²) in [5, 5.41) is 3.30. The molecule has 1 atom stereocenters. The van der Waals surface area contributed by atoms with Crippen molar-refractivity contribution in [3.63, 3.8) is 0 Å². The van der Waals surface area contributed by atoms with Crippen molar-refractivity contribution in [2.24, 2.45) is 0 Å². The van der Waals surface area contributed by atoms with E-state index >= 15 is 0 Å². The molecule has 1 aromatic carbocycles. The first kappa shape index (κ1) is 24.0. The molecule has 11 heteroatoms. The molecule has 3 aliphatic rings. The van der Waals surface area contributed by atoms with E-state index in [2.05, 4.69) is 5.32 Å². The van der Waals surface area contributed by atoms with Gasteiger partial charge in [-0.05, 0) is 55.2 Å². The minimum absolute atomic E-state index is 0.0169. The van der Waals surface area contributed by atoms with Crippen molar-refractivity contribution in [3.05, 3.63) is 68.5 Å². The molecule has 37 heavy (non-hydrogen) atoms. The van der Waals surface area contributed by atoms with E-state index in [1.54, 1.807) is 23.2 Å². The second-order valence-electron chi connectivity index (χ2n) is 9.03. The topological polar surface area (TPSA) is 94.4 Å². The summed E-state index contributed by atoms with van der Waals surface area (Å²) in [6, 6.07) is 9.38. The van der Waals surface area contributed by atoms with E-state index in [1.165, 1.54) is 16.2 Å². The lowest BCUT2D eigenvalue weighted by atomic mass is 10.2. The first-order valence-electron chi connectivity index (χ1n) is 12.0. The lowest BCUT2D eigenvalue weighted by molar-refractivity contribution is -0.123. The Morgan fingerprint density at radius 2 is 2.11 bits per heavy atom. The van der Waals surface area contributed by atoms with E-state index in [0.29, 0.717) is 57.4 Å². The summed E-state index contributed by atoms with van der Waals surface area (Å²) < 4.78 is 18.5. The summed E-state index contributed by atoms with van der Waals surface area (Å²) in [6.45, 7) is 3.62. The summed E-state index contributed by atoms with van der Waals surface area (Å²) >= 11 is 6.69. The molecular formula is C26H24N4O5S2. The number of fused-ring (bicyclic) bond motifs is 2. The van der Waals surface area contributed by atoms with E-state index in [9.17, 15) is 9.59 Å². The Hall–Kier alpha value is -3.41. The van der Waals surface area contributed by atoms with E-state index in [0.717, 1.165) is 24.0 Å². The largest absolute Gasteiger partial charge is 0.454 e. The van der Waals surface area contributed by atoms with Gasteiger partial charge in [-0.25, -0.2) is 4.98 Å². The van der Waals surface area contributed by atoms with Crippen LogP contribution in [0.5, 0.6) is 11.5 Å². The molecule has 5 heterocycles. The van der Waals surface area contributed by atoms with E-state index in [-0.39, 0.29) is 24.4 Å². The first-order chi connectivity index (χ1) is 18.0. The van der Waals surface area contributed by atoms with Gasteiger partial charge in [0, 0.05) is 19.3 Å². The molecule has 2 aromatic heterocycles. The molecule has 0 aliphatic carbocycles. The SMILES string of the molecule is Cc1cccn2c(=O)c(C=C3SC(=S)N(CC4CCCO4)C3=O)c(NCc3ccc4c(c3)OCO4)nc12. The minimum Gasteiger partial charge on any atom is -0.454 e. The number of amides is 1. The number of nitrogens with zero attached hydrogens (tertiary/aromatic N) is 3. The molecule has 0 spiro atoms. The van der Waals surface area contributed by atoms with Gasteiger partial charge in [-0.15, -0.1) is 0 Å². The Morgan fingerprint density at radius 1 is 1.24 bits per heavy atom. The first-order valence-corrected chi connectivity index (χ1v) is 13.2. The van der Waals surface area contributed by atoms with Crippen molar-refractivity contribution in [3.8, 4) is 11.5 Å². The number of aromatic nitrogens is 2. The van der Waals surface area contributed by atoms with Crippen LogP contribution in [0.3, 0.4) is 0 Å². The number of carbonyl (C=O) groups is 1. The smallest absolute Gasteiger partial charge is 0.267 e. The van der Waals surface area contributed by atoms with Gasteiger partial charge >= 0.3 is 0 Å². The van der Waals surface area contributed by atoms with E-state index < -0.39 is 0 Å². The second kappa shape index (κ2) is 9.81. The van der Waals surface area contributed by atoms with Crippen molar-refractivity contribution in [2.45, 2.75) is 32.4 Å². The summed E-state index contributed by atoms with van der Waals surface area (Å²) in [6.07, 6.45) is 5.14. The quantitative estimate of drug-likeness (QED) is 0.374. The fraction of sp³-hybridized carbons (Fsp3) is 0.308. The molecule has 3 aromatic rings. The predicted molar refractivity (Wildman–Crippen MR) is 145 cm³/mol. The predicted octanol–water partition coefficient (Wildman–Crippen LogP) is 3.72. The van der Waals surface area contributed by atoms with Crippen LogP contribution in [0.25, 0.3) is 11.7 Å². The fourth-order valence-electron chi connectivity index (χ4n) is 4.59. The molecule has 1 amide bonds. The Labute approximate surface area is 222 Å². The van der Waals surface area contributed by atoms with Gasteiger partial charge in [-0.1, -0.05) is 36.1 Å². The van der Waals surface area contributed by atoms with Crippen molar-refractivity contribution in [2.75, 3.05) is 25.3 Å². The summed E-state index contributed by atoms with van der Waals surface area (Å²) in [7, 11) is 0. The second-order valence-corrected chi connectivity index (χ2v) is 10.7. The summed E-state index contributed by atoms with van der Waals surface area (Å²) in [5.74, 6) is 1.55. The number of hydrogen-bond acceptors (Lipinski definition) is 9. The van der Waals surface area contributed by atoms with E-state index in [4.69, 9.17) is 31.4 Å². The fourth-order valence-corrected chi connectivity index (χ4v) is 5.85. The van der Waals surface area contributed by atoms with Gasteiger partial charge in [0.15, 0.2) is 11.5 Å². The van der Waals surface area contributed by atoms with Crippen molar-refractivity contribution < 1.29 is 19.0 Å². The van der Waals surface area contributed by atoms with Crippen LogP contribution in [0.2, 0.25) is 0 Å². The molecule has 0 saturated carbocycles. The van der Waals surface area contributed by atoms with Crippen molar-refractivity contribution >= 4 is 51.7 Å². The molecule has 1 unspecified atom stereocenters. The molecule has 9 nitrogen and oxygen atoms in total. The third kappa shape index (κ3) is 4.58. The maximum Gasteiger partial charge on any atom is 0.267 e. The van der Waals surface area contributed by atoms with Gasteiger partial charge in [0.1, 0.15) is 15.8 Å². The van der Waals surface area contributed by atoms with Gasteiger partial charge in [0.2, 0.25) is 6.79 Å². The van der Waals surface area contributed by atoms with Crippen LogP contribution in [0.1, 0.15) is 29.5 Å². The average Bonchev–Trinajstić information content (AvgIpc) is 3.63. The molecule has 0 radical (unpaired) electrons. The van der Waals surface area contributed by atoms with Gasteiger partial charge in [-0.3, -0.25) is 18.9 Å².